The van der Waals surface area contributed by atoms with Gasteiger partial charge in [-0.2, -0.15) is 0 Å². The predicted molar refractivity (Wildman–Crippen MR) is 65.9 cm³/mol. The van der Waals surface area contributed by atoms with Crippen molar-refractivity contribution in [2.75, 3.05) is 53.2 Å². The van der Waals surface area contributed by atoms with E-state index in [-0.39, 0.29) is 0 Å². The maximum atomic E-state index is 5.42. The van der Waals surface area contributed by atoms with E-state index >= 15 is 0 Å². The van der Waals surface area contributed by atoms with E-state index in [4.69, 9.17) is 14.2 Å². The summed E-state index contributed by atoms with van der Waals surface area (Å²) in [5.74, 6) is 0. The third-order valence-electron chi connectivity index (χ3n) is 2.14. The van der Waals surface area contributed by atoms with E-state index in [2.05, 4.69) is 12.2 Å². The van der Waals surface area contributed by atoms with Gasteiger partial charge in [0, 0.05) is 26.9 Å². The zero-order valence-electron chi connectivity index (χ0n) is 10.8. The molecule has 0 aromatic carbocycles. The third kappa shape index (κ3) is 13.8. The van der Waals surface area contributed by atoms with Crippen LogP contribution in [0.1, 0.15) is 26.2 Å². The highest BCUT2D eigenvalue weighted by Crippen LogP contribution is 1.88. The van der Waals surface area contributed by atoms with Crippen LogP contribution in [0.4, 0.5) is 0 Å². The van der Waals surface area contributed by atoms with Gasteiger partial charge in [0.1, 0.15) is 0 Å². The second-order valence-electron chi connectivity index (χ2n) is 3.67. The van der Waals surface area contributed by atoms with Gasteiger partial charge in [0.25, 0.3) is 0 Å². The van der Waals surface area contributed by atoms with Gasteiger partial charge < -0.3 is 19.5 Å². The second-order valence-corrected chi connectivity index (χ2v) is 3.67. The van der Waals surface area contributed by atoms with Crippen molar-refractivity contribution in [2.45, 2.75) is 26.2 Å². The third-order valence-corrected chi connectivity index (χ3v) is 2.14. The smallest absolute Gasteiger partial charge is 0.0700 e. The van der Waals surface area contributed by atoms with Crippen LogP contribution in [0.15, 0.2) is 0 Å². The van der Waals surface area contributed by atoms with Gasteiger partial charge in [0.05, 0.1) is 19.8 Å². The number of hydrogen-bond acceptors (Lipinski definition) is 4. The molecular formula is C12H27NO3. The molecular weight excluding hydrogens is 206 g/mol. The molecule has 0 aromatic heterocycles. The van der Waals surface area contributed by atoms with Crippen molar-refractivity contribution in [3.05, 3.63) is 0 Å². The molecule has 0 saturated carbocycles. The molecule has 0 saturated heterocycles. The molecule has 0 heterocycles. The normalized spacial score (nSPS) is 10.9. The molecule has 0 amide bonds. The van der Waals surface area contributed by atoms with Gasteiger partial charge in [-0.25, -0.2) is 0 Å². The summed E-state index contributed by atoms with van der Waals surface area (Å²) < 4.78 is 15.7. The van der Waals surface area contributed by atoms with Gasteiger partial charge in [-0.1, -0.05) is 13.3 Å². The van der Waals surface area contributed by atoms with Crippen molar-refractivity contribution in [3.8, 4) is 0 Å². The Labute approximate surface area is 99.6 Å². The first-order valence-electron chi connectivity index (χ1n) is 6.27. The van der Waals surface area contributed by atoms with Crippen LogP contribution in [0, 0.1) is 0 Å². The van der Waals surface area contributed by atoms with E-state index < -0.39 is 0 Å². The molecule has 98 valence electrons. The molecule has 0 bridgehead atoms. The zero-order valence-corrected chi connectivity index (χ0v) is 10.8. The number of ether oxygens (including phenoxy) is 3. The van der Waals surface area contributed by atoms with Crippen LogP contribution in [0.5, 0.6) is 0 Å². The molecule has 0 unspecified atom stereocenters. The van der Waals surface area contributed by atoms with Gasteiger partial charge in [-0.05, 0) is 19.4 Å². The van der Waals surface area contributed by atoms with Crippen molar-refractivity contribution in [1.82, 2.24) is 5.32 Å². The first-order valence-corrected chi connectivity index (χ1v) is 6.27. The predicted octanol–water partition coefficient (Wildman–Crippen LogP) is 1.45. The highest BCUT2D eigenvalue weighted by molar-refractivity contribution is 4.46. The topological polar surface area (TPSA) is 39.7 Å². The summed E-state index contributed by atoms with van der Waals surface area (Å²) in [6.07, 6.45) is 3.37. The average Bonchev–Trinajstić information content (AvgIpc) is 2.31. The largest absolute Gasteiger partial charge is 0.383 e. The highest BCUT2D eigenvalue weighted by atomic mass is 16.5. The number of rotatable bonds is 13. The molecule has 0 fully saturated rings. The van der Waals surface area contributed by atoms with E-state index in [0.29, 0.717) is 6.61 Å². The molecule has 4 heteroatoms. The van der Waals surface area contributed by atoms with Crippen molar-refractivity contribution in [2.24, 2.45) is 0 Å². The maximum absolute atomic E-state index is 5.42. The van der Waals surface area contributed by atoms with Crippen LogP contribution in [-0.2, 0) is 14.2 Å². The summed E-state index contributed by atoms with van der Waals surface area (Å²) in [6.45, 7) is 7.92. The molecule has 0 aromatic rings. The Kier molecular flexibility index (Phi) is 14.7. The molecule has 0 spiro atoms. The summed E-state index contributed by atoms with van der Waals surface area (Å²) in [4.78, 5) is 0. The van der Waals surface area contributed by atoms with Crippen molar-refractivity contribution < 1.29 is 14.2 Å². The monoisotopic (exact) mass is 233 g/mol. The minimum Gasteiger partial charge on any atom is -0.383 e. The molecule has 0 radical (unpaired) electrons. The average molecular weight is 233 g/mol. The van der Waals surface area contributed by atoms with Crippen LogP contribution in [0.25, 0.3) is 0 Å². The Bertz CT molecular complexity index is 109. The Morgan fingerprint density at radius 1 is 0.812 bits per heavy atom. The standard InChI is InChI=1S/C12H27NO3/c1-3-4-8-15-11-12-16-9-5-6-13-7-10-14-2/h13H,3-12H2,1-2H3. The number of nitrogens with one attached hydrogen (secondary N) is 1. The zero-order chi connectivity index (χ0) is 11.9. The van der Waals surface area contributed by atoms with Gasteiger partial charge in [0.15, 0.2) is 0 Å². The number of hydrogen-bond donors (Lipinski definition) is 1. The second kappa shape index (κ2) is 14.8. The molecule has 0 aliphatic rings. The lowest BCUT2D eigenvalue weighted by molar-refractivity contribution is 0.0458. The van der Waals surface area contributed by atoms with Gasteiger partial charge in [0.2, 0.25) is 0 Å². The van der Waals surface area contributed by atoms with Crippen molar-refractivity contribution >= 4 is 0 Å². The van der Waals surface area contributed by atoms with E-state index in [9.17, 15) is 0 Å². The van der Waals surface area contributed by atoms with Crippen LogP contribution in [-0.4, -0.2) is 53.2 Å². The Morgan fingerprint density at radius 2 is 1.50 bits per heavy atom. The minimum absolute atomic E-state index is 0.710. The van der Waals surface area contributed by atoms with Crippen LogP contribution >= 0.6 is 0 Å². The van der Waals surface area contributed by atoms with E-state index in [0.717, 1.165) is 52.4 Å². The summed E-state index contributed by atoms with van der Waals surface area (Å²) in [5.41, 5.74) is 0. The maximum Gasteiger partial charge on any atom is 0.0700 e. The summed E-state index contributed by atoms with van der Waals surface area (Å²) in [7, 11) is 1.71. The first-order chi connectivity index (χ1) is 7.91. The summed E-state index contributed by atoms with van der Waals surface area (Å²) in [5, 5.41) is 3.27. The van der Waals surface area contributed by atoms with Crippen LogP contribution < -0.4 is 5.32 Å². The van der Waals surface area contributed by atoms with Gasteiger partial charge in [-0.15, -0.1) is 0 Å². The van der Waals surface area contributed by atoms with Crippen molar-refractivity contribution in [3.63, 3.8) is 0 Å². The van der Waals surface area contributed by atoms with E-state index in [1.165, 1.54) is 6.42 Å². The van der Waals surface area contributed by atoms with Gasteiger partial charge in [-0.3, -0.25) is 0 Å². The molecule has 0 aliphatic heterocycles. The Morgan fingerprint density at radius 3 is 2.12 bits per heavy atom. The summed E-state index contributed by atoms with van der Waals surface area (Å²) >= 11 is 0. The molecule has 4 nitrogen and oxygen atoms in total. The SMILES string of the molecule is CCCCOCCOCCCNCCOC. The fourth-order valence-corrected chi connectivity index (χ4v) is 1.17. The van der Waals surface area contributed by atoms with Crippen LogP contribution in [0.2, 0.25) is 0 Å². The Hall–Kier alpha value is -0.160. The molecule has 0 atom stereocenters. The minimum atomic E-state index is 0.710. The van der Waals surface area contributed by atoms with E-state index in [1.54, 1.807) is 7.11 Å². The lowest BCUT2D eigenvalue weighted by Gasteiger charge is -2.06. The number of methoxy groups -OCH3 is 1. The lowest BCUT2D eigenvalue weighted by Crippen LogP contribution is -2.21. The quantitative estimate of drug-likeness (QED) is 0.489. The fourth-order valence-electron chi connectivity index (χ4n) is 1.17. The first kappa shape index (κ1) is 15.8. The summed E-state index contributed by atoms with van der Waals surface area (Å²) in [6, 6.07) is 0. The highest BCUT2D eigenvalue weighted by Gasteiger charge is 1.91. The van der Waals surface area contributed by atoms with Gasteiger partial charge >= 0.3 is 0 Å². The molecule has 0 aliphatic carbocycles. The fraction of sp³-hybridized carbons (Fsp3) is 1.00. The molecule has 1 N–H and O–H groups in total. The van der Waals surface area contributed by atoms with E-state index in [1.807, 2.05) is 0 Å². The molecule has 16 heavy (non-hydrogen) atoms. The van der Waals surface area contributed by atoms with Crippen molar-refractivity contribution in [1.29, 1.82) is 0 Å². The van der Waals surface area contributed by atoms with Crippen LogP contribution in [0.3, 0.4) is 0 Å². The Balaban J connectivity index is 2.83. The lowest BCUT2D eigenvalue weighted by atomic mass is 10.4. The molecule has 0 rings (SSSR count). The number of unbranched alkanes of at least 4 members (excludes halogenated alkanes) is 1.